The van der Waals surface area contributed by atoms with Crippen LogP contribution in [-0.2, 0) is 23.5 Å². The number of aryl methyl sites for hydroxylation is 1. The van der Waals surface area contributed by atoms with Gasteiger partial charge in [-0.25, -0.2) is 13.1 Å². The number of nitrogens with zero attached hydrogens (tertiary/aromatic N) is 2. The first kappa shape index (κ1) is 19.4. The highest BCUT2D eigenvalue weighted by Gasteiger charge is 2.21. The van der Waals surface area contributed by atoms with E-state index < -0.39 is 15.9 Å². The minimum absolute atomic E-state index is 0.00227. The molecule has 0 atom stereocenters. The number of sulfonamides is 1. The van der Waals surface area contributed by atoms with Gasteiger partial charge in [-0.15, -0.1) is 0 Å². The zero-order chi connectivity index (χ0) is 19.6. The van der Waals surface area contributed by atoms with Crippen molar-refractivity contribution in [2.75, 3.05) is 0 Å². The highest BCUT2D eigenvalue weighted by molar-refractivity contribution is 7.90. The van der Waals surface area contributed by atoms with E-state index in [2.05, 4.69) is 5.10 Å². The lowest BCUT2D eigenvalue weighted by Gasteiger charge is -2.05. The summed E-state index contributed by atoms with van der Waals surface area (Å²) in [6.07, 6.45) is 0.415. The maximum absolute atomic E-state index is 12.4. The van der Waals surface area contributed by atoms with E-state index in [1.807, 2.05) is 4.72 Å². The van der Waals surface area contributed by atoms with E-state index in [1.54, 1.807) is 43.4 Å². The van der Waals surface area contributed by atoms with Gasteiger partial charge < -0.3 is 0 Å². The molecule has 1 N–H and O–H groups in total. The number of rotatable bonds is 5. The number of hydrogen-bond acceptors (Lipinski definition) is 4. The van der Waals surface area contributed by atoms with Crippen molar-refractivity contribution in [1.82, 2.24) is 14.5 Å². The first-order valence-electron chi connectivity index (χ1n) is 7.85. The monoisotopic (exact) mass is 423 g/mol. The average molecular weight is 424 g/mol. The number of aromatic nitrogens is 2. The number of carbonyl (C=O) groups is 1. The van der Waals surface area contributed by atoms with Crippen molar-refractivity contribution in [3.05, 3.63) is 81.6 Å². The van der Waals surface area contributed by atoms with Gasteiger partial charge >= 0.3 is 0 Å². The van der Waals surface area contributed by atoms with Crippen LogP contribution in [0.1, 0.15) is 21.7 Å². The molecule has 0 unspecified atom stereocenters. The van der Waals surface area contributed by atoms with E-state index in [4.69, 9.17) is 23.2 Å². The number of hydrogen-bond donors (Lipinski definition) is 1. The Bertz CT molecular complexity index is 1100. The van der Waals surface area contributed by atoms with Gasteiger partial charge in [0.1, 0.15) is 0 Å². The molecule has 0 spiro atoms. The van der Waals surface area contributed by atoms with Crippen LogP contribution in [0.15, 0.2) is 59.5 Å². The molecule has 6 nitrogen and oxygen atoms in total. The van der Waals surface area contributed by atoms with Gasteiger partial charge in [-0.05, 0) is 35.9 Å². The number of amides is 1. The number of benzene rings is 2. The SMILES string of the molecule is Cn1nc(C(=O)NS(=O)(=O)c2ccccc2)cc1Cc1ccc(Cl)cc1Cl. The van der Waals surface area contributed by atoms with E-state index >= 15 is 0 Å². The van der Waals surface area contributed by atoms with Gasteiger partial charge in [0, 0.05) is 29.2 Å². The Balaban J connectivity index is 1.80. The third-order valence-corrected chi connectivity index (χ3v) is 5.81. The van der Waals surface area contributed by atoms with Crippen LogP contribution in [0.3, 0.4) is 0 Å². The molecule has 0 aliphatic rings. The summed E-state index contributed by atoms with van der Waals surface area (Å²) >= 11 is 12.1. The second-order valence-electron chi connectivity index (χ2n) is 5.80. The first-order chi connectivity index (χ1) is 12.8. The summed E-state index contributed by atoms with van der Waals surface area (Å²) in [5, 5.41) is 5.13. The molecule has 9 heteroatoms. The van der Waals surface area contributed by atoms with Crippen molar-refractivity contribution >= 4 is 39.1 Å². The zero-order valence-electron chi connectivity index (χ0n) is 14.2. The lowest BCUT2D eigenvalue weighted by Crippen LogP contribution is -2.30. The topological polar surface area (TPSA) is 81.1 Å². The normalized spacial score (nSPS) is 11.4. The van der Waals surface area contributed by atoms with Gasteiger partial charge in [-0.1, -0.05) is 47.5 Å². The molecule has 0 aliphatic heterocycles. The molecular weight excluding hydrogens is 409 g/mol. The smallest absolute Gasteiger partial charge is 0.272 e. The van der Waals surface area contributed by atoms with E-state index in [0.717, 1.165) is 5.56 Å². The van der Waals surface area contributed by atoms with Crippen LogP contribution in [0.5, 0.6) is 0 Å². The van der Waals surface area contributed by atoms with Crippen molar-refractivity contribution in [3.8, 4) is 0 Å². The minimum atomic E-state index is -3.97. The van der Waals surface area contributed by atoms with E-state index in [1.165, 1.54) is 22.9 Å². The van der Waals surface area contributed by atoms with E-state index in [0.29, 0.717) is 22.2 Å². The molecular formula is C18H15Cl2N3O3S. The van der Waals surface area contributed by atoms with E-state index in [9.17, 15) is 13.2 Å². The van der Waals surface area contributed by atoms with Gasteiger partial charge in [0.05, 0.1) is 4.90 Å². The Morgan fingerprint density at radius 3 is 2.48 bits per heavy atom. The lowest BCUT2D eigenvalue weighted by atomic mass is 10.1. The molecule has 27 heavy (non-hydrogen) atoms. The highest BCUT2D eigenvalue weighted by Crippen LogP contribution is 2.23. The van der Waals surface area contributed by atoms with Crippen molar-refractivity contribution in [2.24, 2.45) is 7.05 Å². The zero-order valence-corrected chi connectivity index (χ0v) is 16.5. The third kappa shape index (κ3) is 4.50. The van der Waals surface area contributed by atoms with Crippen LogP contribution in [-0.4, -0.2) is 24.1 Å². The van der Waals surface area contributed by atoms with Crippen LogP contribution in [0.25, 0.3) is 0 Å². The van der Waals surface area contributed by atoms with Crippen LogP contribution < -0.4 is 4.72 Å². The minimum Gasteiger partial charge on any atom is -0.272 e. The summed E-state index contributed by atoms with van der Waals surface area (Å²) in [6.45, 7) is 0. The summed E-state index contributed by atoms with van der Waals surface area (Å²) in [5.74, 6) is -0.803. The summed E-state index contributed by atoms with van der Waals surface area (Å²) in [4.78, 5) is 12.4. The molecule has 0 aliphatic carbocycles. The molecule has 0 fully saturated rings. The number of carbonyl (C=O) groups excluding carboxylic acids is 1. The van der Waals surface area contributed by atoms with Gasteiger partial charge in [0.25, 0.3) is 15.9 Å². The van der Waals surface area contributed by atoms with Crippen LogP contribution >= 0.6 is 23.2 Å². The molecule has 0 radical (unpaired) electrons. The number of halogens is 2. The van der Waals surface area contributed by atoms with Crippen LogP contribution in [0, 0.1) is 0 Å². The Morgan fingerprint density at radius 2 is 1.81 bits per heavy atom. The second kappa shape index (κ2) is 7.72. The summed E-state index contributed by atoms with van der Waals surface area (Å²) in [6, 6.07) is 14.3. The average Bonchev–Trinajstić information content (AvgIpc) is 2.99. The fourth-order valence-corrected chi connectivity index (χ4v) is 3.93. The van der Waals surface area contributed by atoms with E-state index in [-0.39, 0.29) is 10.6 Å². The quantitative estimate of drug-likeness (QED) is 0.681. The molecule has 0 bridgehead atoms. The summed E-state index contributed by atoms with van der Waals surface area (Å²) in [5.41, 5.74) is 1.51. The largest absolute Gasteiger partial charge is 0.285 e. The Kier molecular flexibility index (Phi) is 5.55. The first-order valence-corrected chi connectivity index (χ1v) is 10.1. The van der Waals surface area contributed by atoms with Crippen molar-refractivity contribution in [3.63, 3.8) is 0 Å². The van der Waals surface area contributed by atoms with Gasteiger partial charge in [0.2, 0.25) is 0 Å². The Hall–Kier alpha value is -2.35. The third-order valence-electron chi connectivity index (χ3n) is 3.88. The molecule has 3 rings (SSSR count). The predicted molar refractivity (Wildman–Crippen MR) is 104 cm³/mol. The van der Waals surface area contributed by atoms with Gasteiger partial charge in [-0.3, -0.25) is 9.48 Å². The van der Waals surface area contributed by atoms with Crippen molar-refractivity contribution in [1.29, 1.82) is 0 Å². The predicted octanol–water partition coefficient (Wildman–Crippen LogP) is 3.44. The summed E-state index contributed by atoms with van der Waals surface area (Å²) in [7, 11) is -2.30. The second-order valence-corrected chi connectivity index (χ2v) is 8.33. The lowest BCUT2D eigenvalue weighted by molar-refractivity contribution is 0.0976. The van der Waals surface area contributed by atoms with Crippen LogP contribution in [0.2, 0.25) is 10.0 Å². The molecule has 1 amide bonds. The standard InChI is InChI=1S/C18H15Cl2N3O3S/c1-23-14(9-12-7-8-13(19)10-16(12)20)11-17(21-23)18(24)22-27(25,26)15-5-3-2-4-6-15/h2-8,10-11H,9H2,1H3,(H,22,24). The molecule has 3 aromatic rings. The fraction of sp³-hybridized carbons (Fsp3) is 0.111. The highest BCUT2D eigenvalue weighted by atomic mass is 35.5. The molecule has 0 saturated heterocycles. The fourth-order valence-electron chi connectivity index (χ4n) is 2.48. The molecule has 1 heterocycles. The Morgan fingerprint density at radius 1 is 1.11 bits per heavy atom. The van der Waals surface area contributed by atoms with Gasteiger partial charge in [-0.2, -0.15) is 5.10 Å². The molecule has 0 saturated carbocycles. The van der Waals surface area contributed by atoms with Gasteiger partial charge in [0.15, 0.2) is 5.69 Å². The molecule has 2 aromatic carbocycles. The maximum Gasteiger partial charge on any atom is 0.285 e. The molecule has 1 aromatic heterocycles. The maximum atomic E-state index is 12.4. The summed E-state index contributed by atoms with van der Waals surface area (Å²) < 4.78 is 28.1. The number of nitrogens with one attached hydrogen (secondary N) is 1. The Labute approximate surface area is 166 Å². The van der Waals surface area contributed by atoms with Crippen molar-refractivity contribution in [2.45, 2.75) is 11.3 Å². The van der Waals surface area contributed by atoms with Crippen molar-refractivity contribution < 1.29 is 13.2 Å². The van der Waals surface area contributed by atoms with Crippen LogP contribution in [0.4, 0.5) is 0 Å². The molecule has 140 valence electrons.